The Labute approximate surface area is 202 Å². The molecule has 1 aromatic heterocycles. The standard InChI is InChI=1S/C21H32N4O2S2.HI/c1-15(2)25(6)29(26,27)20-11-8-18(9-12-20)14-23-21(22-5)24-16(3)13-19-10-7-17(4)28-19;/h7-12,15-16H,13-14H2,1-6H3,(H2,22,23,24);1H. The molecular weight excluding hydrogens is 531 g/mol. The summed E-state index contributed by atoms with van der Waals surface area (Å²) in [6, 6.07) is 11.4. The number of rotatable bonds is 8. The van der Waals surface area contributed by atoms with Gasteiger partial charge in [0.2, 0.25) is 10.0 Å². The van der Waals surface area contributed by atoms with Crippen molar-refractivity contribution in [2.45, 2.75) is 57.6 Å². The molecule has 0 aliphatic rings. The Morgan fingerprint density at radius 2 is 1.77 bits per heavy atom. The van der Waals surface area contributed by atoms with Gasteiger partial charge in [0.15, 0.2) is 5.96 Å². The summed E-state index contributed by atoms with van der Waals surface area (Å²) in [5.74, 6) is 0.724. The zero-order valence-corrected chi connectivity index (χ0v) is 22.4. The Morgan fingerprint density at radius 3 is 2.27 bits per heavy atom. The highest BCUT2D eigenvalue weighted by Gasteiger charge is 2.22. The first kappa shape index (κ1) is 26.9. The lowest BCUT2D eigenvalue weighted by Gasteiger charge is -2.21. The molecule has 0 spiro atoms. The molecule has 0 bridgehead atoms. The largest absolute Gasteiger partial charge is 0.354 e. The summed E-state index contributed by atoms with van der Waals surface area (Å²) in [4.78, 5) is 7.26. The van der Waals surface area contributed by atoms with Gasteiger partial charge in [0.05, 0.1) is 4.90 Å². The monoisotopic (exact) mass is 564 g/mol. The molecule has 1 unspecified atom stereocenters. The second kappa shape index (κ2) is 12.0. The predicted molar refractivity (Wildman–Crippen MR) is 137 cm³/mol. The molecule has 6 nitrogen and oxygen atoms in total. The summed E-state index contributed by atoms with van der Waals surface area (Å²) in [7, 11) is -0.111. The Morgan fingerprint density at radius 1 is 1.13 bits per heavy atom. The van der Waals surface area contributed by atoms with Crippen molar-refractivity contribution in [1.29, 1.82) is 0 Å². The van der Waals surface area contributed by atoms with E-state index in [1.54, 1.807) is 26.2 Å². The second-order valence-electron chi connectivity index (χ2n) is 7.45. The molecule has 30 heavy (non-hydrogen) atoms. The number of aliphatic imine (C=N–C) groups is 1. The van der Waals surface area contributed by atoms with E-state index < -0.39 is 10.0 Å². The third kappa shape index (κ3) is 7.51. The Balaban J connectivity index is 0.00000450. The Hall–Kier alpha value is -1.17. The maximum atomic E-state index is 12.6. The third-order valence-electron chi connectivity index (χ3n) is 4.70. The molecule has 0 radical (unpaired) electrons. The number of guanidine groups is 1. The van der Waals surface area contributed by atoms with Gasteiger partial charge in [-0.2, -0.15) is 4.31 Å². The van der Waals surface area contributed by atoms with Crippen LogP contribution in [0.5, 0.6) is 0 Å². The molecule has 0 fully saturated rings. The highest BCUT2D eigenvalue weighted by molar-refractivity contribution is 14.0. The van der Waals surface area contributed by atoms with E-state index in [1.807, 2.05) is 37.3 Å². The fraction of sp³-hybridized carbons (Fsp3) is 0.476. The van der Waals surface area contributed by atoms with E-state index in [0.29, 0.717) is 11.4 Å². The molecule has 0 saturated heterocycles. The number of nitrogens with one attached hydrogen (secondary N) is 2. The smallest absolute Gasteiger partial charge is 0.243 e. The maximum Gasteiger partial charge on any atom is 0.243 e. The van der Waals surface area contributed by atoms with E-state index in [-0.39, 0.29) is 36.1 Å². The number of nitrogens with zero attached hydrogens (tertiary/aromatic N) is 2. The highest BCUT2D eigenvalue weighted by Crippen LogP contribution is 2.18. The van der Waals surface area contributed by atoms with Crippen LogP contribution in [0.25, 0.3) is 0 Å². The van der Waals surface area contributed by atoms with Gasteiger partial charge in [-0.15, -0.1) is 35.3 Å². The molecule has 168 valence electrons. The molecule has 2 rings (SSSR count). The molecule has 1 atom stereocenters. The lowest BCUT2D eigenvalue weighted by molar-refractivity contribution is 0.410. The SMILES string of the molecule is CN=C(NCc1ccc(S(=O)(=O)N(C)C(C)C)cc1)NC(C)Cc1ccc(C)s1.I. The topological polar surface area (TPSA) is 73.8 Å². The number of halogens is 1. The molecule has 0 aliphatic carbocycles. The van der Waals surface area contributed by atoms with Crippen LogP contribution in [0.15, 0.2) is 46.3 Å². The van der Waals surface area contributed by atoms with Gasteiger partial charge in [0.1, 0.15) is 0 Å². The van der Waals surface area contributed by atoms with Gasteiger partial charge >= 0.3 is 0 Å². The van der Waals surface area contributed by atoms with E-state index in [2.05, 4.69) is 41.6 Å². The number of benzene rings is 1. The fourth-order valence-electron chi connectivity index (χ4n) is 2.78. The first-order valence-corrected chi connectivity index (χ1v) is 12.0. The second-order valence-corrected chi connectivity index (χ2v) is 10.8. The van der Waals surface area contributed by atoms with Crippen LogP contribution in [-0.4, -0.2) is 44.9 Å². The minimum atomic E-state index is -3.46. The highest BCUT2D eigenvalue weighted by atomic mass is 127. The van der Waals surface area contributed by atoms with Gasteiger partial charge in [-0.3, -0.25) is 4.99 Å². The van der Waals surface area contributed by atoms with Crippen LogP contribution >= 0.6 is 35.3 Å². The molecule has 2 N–H and O–H groups in total. The van der Waals surface area contributed by atoms with Crippen LogP contribution in [0.2, 0.25) is 0 Å². The molecule has 0 aliphatic heterocycles. The molecule has 0 amide bonds. The molecule has 9 heteroatoms. The van der Waals surface area contributed by atoms with Crippen molar-refractivity contribution in [3.63, 3.8) is 0 Å². The van der Waals surface area contributed by atoms with Crippen molar-refractivity contribution < 1.29 is 8.42 Å². The fourth-order valence-corrected chi connectivity index (χ4v) is 5.17. The van der Waals surface area contributed by atoms with E-state index >= 15 is 0 Å². The van der Waals surface area contributed by atoms with Crippen molar-refractivity contribution in [3.05, 3.63) is 51.7 Å². The molecular formula is C21H33IN4O2S2. The number of thiophene rings is 1. The molecule has 1 aromatic carbocycles. The summed E-state index contributed by atoms with van der Waals surface area (Å²) in [5.41, 5.74) is 0.987. The number of hydrogen-bond donors (Lipinski definition) is 2. The average Bonchev–Trinajstić information content (AvgIpc) is 3.09. The van der Waals surface area contributed by atoms with Crippen LogP contribution in [0.4, 0.5) is 0 Å². The Kier molecular flexibility index (Phi) is 10.8. The van der Waals surface area contributed by atoms with Gasteiger partial charge < -0.3 is 10.6 Å². The van der Waals surface area contributed by atoms with Crippen molar-refractivity contribution in [2.24, 2.45) is 4.99 Å². The summed E-state index contributed by atoms with van der Waals surface area (Å²) >= 11 is 1.82. The summed E-state index contributed by atoms with van der Waals surface area (Å²) in [6.45, 7) is 8.52. The summed E-state index contributed by atoms with van der Waals surface area (Å²) < 4.78 is 26.5. The first-order chi connectivity index (χ1) is 13.6. The van der Waals surface area contributed by atoms with E-state index in [4.69, 9.17) is 0 Å². The van der Waals surface area contributed by atoms with E-state index in [0.717, 1.165) is 17.9 Å². The minimum Gasteiger partial charge on any atom is -0.354 e. The predicted octanol–water partition coefficient (Wildman–Crippen LogP) is 4.00. The quantitative estimate of drug-likeness (QED) is 0.289. The maximum absolute atomic E-state index is 12.6. The van der Waals surface area contributed by atoms with E-state index in [1.165, 1.54) is 14.1 Å². The van der Waals surface area contributed by atoms with Gasteiger partial charge in [0.25, 0.3) is 0 Å². The normalized spacial score (nSPS) is 13.3. The third-order valence-corrected chi connectivity index (χ3v) is 7.77. The van der Waals surface area contributed by atoms with Crippen molar-refractivity contribution >= 4 is 51.3 Å². The number of hydrogen-bond acceptors (Lipinski definition) is 4. The van der Waals surface area contributed by atoms with Crippen molar-refractivity contribution in [3.8, 4) is 0 Å². The minimum absolute atomic E-state index is 0. The van der Waals surface area contributed by atoms with E-state index in [9.17, 15) is 8.42 Å². The number of aryl methyl sites for hydroxylation is 1. The number of sulfonamides is 1. The molecule has 2 aromatic rings. The molecule has 1 heterocycles. The Bertz CT molecular complexity index is 925. The van der Waals surface area contributed by atoms with Crippen molar-refractivity contribution in [1.82, 2.24) is 14.9 Å². The van der Waals surface area contributed by atoms with Crippen LogP contribution in [0, 0.1) is 6.92 Å². The molecule has 0 saturated carbocycles. The van der Waals surface area contributed by atoms with Crippen LogP contribution in [-0.2, 0) is 23.0 Å². The average molecular weight is 565 g/mol. The van der Waals surface area contributed by atoms with Crippen molar-refractivity contribution in [2.75, 3.05) is 14.1 Å². The summed E-state index contributed by atoms with van der Waals surface area (Å²) in [5, 5.41) is 6.69. The first-order valence-electron chi connectivity index (χ1n) is 9.73. The van der Waals surface area contributed by atoms with Gasteiger partial charge in [0, 0.05) is 48.9 Å². The zero-order valence-electron chi connectivity index (χ0n) is 18.5. The van der Waals surface area contributed by atoms with Crippen LogP contribution in [0.3, 0.4) is 0 Å². The van der Waals surface area contributed by atoms with Crippen LogP contribution < -0.4 is 10.6 Å². The lowest BCUT2D eigenvalue weighted by Crippen LogP contribution is -2.42. The summed E-state index contributed by atoms with van der Waals surface area (Å²) in [6.07, 6.45) is 0.940. The zero-order chi connectivity index (χ0) is 21.6. The van der Waals surface area contributed by atoms with Gasteiger partial charge in [-0.1, -0.05) is 12.1 Å². The van der Waals surface area contributed by atoms with Gasteiger partial charge in [-0.25, -0.2) is 8.42 Å². The van der Waals surface area contributed by atoms with Crippen LogP contribution in [0.1, 0.15) is 36.1 Å². The van der Waals surface area contributed by atoms with Gasteiger partial charge in [-0.05, 0) is 57.5 Å². The lowest BCUT2D eigenvalue weighted by atomic mass is 10.2.